The number of benzene rings is 7. The molecule has 4 heterocycles. The van der Waals surface area contributed by atoms with E-state index < -0.39 is 0 Å². The van der Waals surface area contributed by atoms with Crippen LogP contribution in [-0.4, -0.2) is 13.6 Å². The van der Waals surface area contributed by atoms with E-state index in [0.717, 1.165) is 0 Å². The van der Waals surface area contributed by atoms with E-state index in [-0.39, 0.29) is 29.8 Å². The summed E-state index contributed by atoms with van der Waals surface area (Å²) in [5, 5.41) is 5.43. The second-order valence-electron chi connectivity index (χ2n) is 19.3. The molecule has 0 N–H and O–H groups in total. The first kappa shape index (κ1) is 32.7. The number of fused-ring (bicyclic) bond motifs is 14. The summed E-state index contributed by atoms with van der Waals surface area (Å²) in [6.45, 7) is 21.5. The van der Waals surface area contributed by atoms with Crippen LogP contribution in [0.1, 0.15) is 79.0 Å². The van der Waals surface area contributed by atoms with Crippen LogP contribution in [0.25, 0.3) is 43.8 Å². The highest BCUT2D eigenvalue weighted by Gasteiger charge is 2.52. The number of rotatable bonds is 0. The fraction of sp³-hybridized carbons (Fsp3) is 0.240. The molecular formula is C50H45B2NS. The summed E-state index contributed by atoms with van der Waals surface area (Å²) in [4.78, 5) is 5.63. The molecule has 0 saturated heterocycles. The van der Waals surface area contributed by atoms with Crippen LogP contribution in [0.4, 0.5) is 11.4 Å². The maximum Gasteiger partial charge on any atom is 0.329 e. The van der Waals surface area contributed by atoms with Gasteiger partial charge in [0, 0.05) is 32.3 Å². The third-order valence-electron chi connectivity index (χ3n) is 13.0. The van der Waals surface area contributed by atoms with Crippen LogP contribution < -0.4 is 32.1 Å². The zero-order valence-electron chi connectivity index (χ0n) is 32.9. The van der Waals surface area contributed by atoms with E-state index >= 15 is 0 Å². The molecule has 4 heteroatoms. The molecule has 7 aromatic carbocycles. The Morgan fingerprint density at radius 2 is 0.963 bits per heavy atom. The predicted molar refractivity (Wildman–Crippen MR) is 237 cm³/mol. The highest BCUT2D eigenvalue weighted by molar-refractivity contribution is 8.00. The standard InChI is InChI=1S/C50H45B2NS/c1-48(2,3)28-18-20-33-36-22-23-42-44-46(36)53-45-38(34-21-19-29(49(4,5)6)26-40(34)52(53)39(33)25-28)24-30(50(7,8)9)27-41(45)51(44)43-35-16-12-10-14-31(35)32-15-11-13-17-37(32)47(43)54-42/h10-27H,1-9H3. The third-order valence-corrected chi connectivity index (χ3v) is 14.2. The van der Waals surface area contributed by atoms with Gasteiger partial charge in [0.1, 0.15) is 0 Å². The SMILES string of the molecule is CC(C)(C)c1ccc2c(c1)B1c3cc(C(C)(C)C)ccc3-c3ccc4c5c3N1c1c(cc(C(C)(C)C)cc1-2)B5c1c(c2ccccc2c2ccccc12)S4. The molecule has 0 saturated carbocycles. The molecule has 0 bridgehead atoms. The van der Waals surface area contributed by atoms with Crippen molar-refractivity contribution < 1.29 is 0 Å². The van der Waals surface area contributed by atoms with Gasteiger partial charge < -0.3 is 4.81 Å². The second kappa shape index (κ2) is 10.5. The fourth-order valence-electron chi connectivity index (χ4n) is 10.1. The van der Waals surface area contributed by atoms with E-state index in [1.54, 1.807) is 0 Å². The van der Waals surface area contributed by atoms with E-state index in [1.165, 1.54) is 109 Å². The van der Waals surface area contributed by atoms with Gasteiger partial charge in [-0.05, 0) is 105 Å². The largest absolute Gasteiger partial charge is 0.377 e. The first-order valence-electron chi connectivity index (χ1n) is 19.8. The maximum absolute atomic E-state index is 2.82. The van der Waals surface area contributed by atoms with E-state index in [2.05, 4.69) is 176 Å². The van der Waals surface area contributed by atoms with Crippen LogP contribution in [0.3, 0.4) is 0 Å². The summed E-state index contributed by atoms with van der Waals surface area (Å²) in [6.07, 6.45) is 0. The Bertz CT molecular complexity index is 2830. The van der Waals surface area contributed by atoms with Crippen molar-refractivity contribution in [1.29, 1.82) is 0 Å². The van der Waals surface area contributed by atoms with Gasteiger partial charge in [-0.3, -0.25) is 0 Å². The number of nitrogens with zero attached hydrogens (tertiary/aromatic N) is 1. The topological polar surface area (TPSA) is 3.24 Å². The van der Waals surface area contributed by atoms with Gasteiger partial charge in [-0.25, -0.2) is 0 Å². The van der Waals surface area contributed by atoms with E-state index in [0.29, 0.717) is 0 Å². The Labute approximate surface area is 325 Å². The Morgan fingerprint density at radius 3 is 1.57 bits per heavy atom. The van der Waals surface area contributed by atoms with Crippen LogP contribution in [0.5, 0.6) is 0 Å². The van der Waals surface area contributed by atoms with Gasteiger partial charge >= 0.3 is 6.85 Å². The number of hydrogen-bond donors (Lipinski definition) is 0. The normalized spacial score (nSPS) is 14.9. The fourth-order valence-corrected chi connectivity index (χ4v) is 11.4. The van der Waals surface area contributed by atoms with Crippen molar-refractivity contribution in [3.05, 3.63) is 126 Å². The predicted octanol–water partition coefficient (Wildman–Crippen LogP) is 10.1. The second-order valence-corrected chi connectivity index (χ2v) is 20.4. The summed E-state index contributed by atoms with van der Waals surface area (Å²) < 4.78 is 0. The summed E-state index contributed by atoms with van der Waals surface area (Å²) in [6, 6.07) is 43.2. The van der Waals surface area contributed by atoms with Crippen molar-refractivity contribution in [3.63, 3.8) is 0 Å². The highest BCUT2D eigenvalue weighted by Crippen LogP contribution is 2.52. The molecule has 0 spiro atoms. The Kier molecular flexibility index (Phi) is 6.40. The minimum atomic E-state index is -0.0212. The van der Waals surface area contributed by atoms with E-state index in [4.69, 9.17) is 0 Å². The molecular weight excluding hydrogens is 668 g/mol. The Balaban J connectivity index is 1.35. The molecule has 0 aliphatic carbocycles. The minimum absolute atomic E-state index is 0.0212. The minimum Gasteiger partial charge on any atom is -0.377 e. The zero-order chi connectivity index (χ0) is 37.2. The van der Waals surface area contributed by atoms with Crippen molar-refractivity contribution in [2.24, 2.45) is 0 Å². The van der Waals surface area contributed by atoms with Crippen LogP contribution in [0.2, 0.25) is 0 Å². The highest BCUT2D eigenvalue weighted by atomic mass is 32.2. The molecule has 0 atom stereocenters. The molecule has 1 nitrogen and oxygen atoms in total. The van der Waals surface area contributed by atoms with Crippen molar-refractivity contribution in [2.45, 2.75) is 88.3 Å². The van der Waals surface area contributed by atoms with Gasteiger partial charge in [0.05, 0.1) is 0 Å². The quantitative estimate of drug-likeness (QED) is 0.114. The molecule has 0 aromatic heterocycles. The molecule has 11 rings (SSSR count). The maximum atomic E-state index is 2.82. The monoisotopic (exact) mass is 713 g/mol. The average Bonchev–Trinajstić information content (AvgIpc) is 3.14. The van der Waals surface area contributed by atoms with Crippen LogP contribution in [0, 0.1) is 0 Å². The molecule has 0 fully saturated rings. The summed E-state index contributed by atoms with van der Waals surface area (Å²) >= 11 is 2.00. The average molecular weight is 714 g/mol. The van der Waals surface area contributed by atoms with E-state index in [1.807, 2.05) is 11.8 Å². The van der Waals surface area contributed by atoms with Crippen molar-refractivity contribution in [3.8, 4) is 22.3 Å². The lowest BCUT2D eigenvalue weighted by Crippen LogP contribution is -2.69. The third kappa shape index (κ3) is 4.27. The molecule has 54 heavy (non-hydrogen) atoms. The van der Waals surface area contributed by atoms with Crippen LogP contribution in [0.15, 0.2) is 119 Å². The summed E-state index contributed by atoms with van der Waals surface area (Å²) in [7, 11) is 0. The Morgan fingerprint density at radius 1 is 0.444 bits per heavy atom. The smallest absolute Gasteiger partial charge is 0.329 e. The molecule has 0 unspecified atom stereocenters. The number of hydrogen-bond acceptors (Lipinski definition) is 2. The number of anilines is 2. The van der Waals surface area contributed by atoms with Crippen LogP contribution >= 0.6 is 11.8 Å². The van der Waals surface area contributed by atoms with Gasteiger partial charge in [-0.2, -0.15) is 0 Å². The van der Waals surface area contributed by atoms with Gasteiger partial charge in [-0.15, -0.1) is 0 Å². The van der Waals surface area contributed by atoms with E-state index in [9.17, 15) is 0 Å². The molecule has 4 aliphatic rings. The van der Waals surface area contributed by atoms with Crippen molar-refractivity contribution in [2.75, 3.05) is 4.81 Å². The first-order valence-corrected chi connectivity index (χ1v) is 20.6. The molecule has 7 aromatic rings. The summed E-state index contributed by atoms with van der Waals surface area (Å²) in [5.74, 6) is 0. The lowest BCUT2D eigenvalue weighted by Gasteiger charge is -2.51. The van der Waals surface area contributed by atoms with Crippen molar-refractivity contribution in [1.82, 2.24) is 0 Å². The lowest BCUT2D eigenvalue weighted by molar-refractivity contribution is 0.590. The summed E-state index contributed by atoms with van der Waals surface area (Å²) in [5.41, 5.74) is 19.8. The molecule has 4 aliphatic heterocycles. The Hall–Kier alpha value is -4.66. The van der Waals surface area contributed by atoms with Crippen molar-refractivity contribution >= 4 is 85.6 Å². The zero-order valence-corrected chi connectivity index (χ0v) is 33.7. The van der Waals surface area contributed by atoms with Gasteiger partial charge in [-0.1, -0.05) is 171 Å². The van der Waals surface area contributed by atoms with Gasteiger partial charge in [0.15, 0.2) is 0 Å². The first-order chi connectivity index (χ1) is 25.7. The molecule has 0 amide bonds. The molecule has 0 radical (unpaired) electrons. The lowest BCUT2D eigenvalue weighted by atomic mass is 9.31. The van der Waals surface area contributed by atoms with Crippen LogP contribution in [-0.2, 0) is 16.2 Å². The van der Waals surface area contributed by atoms with Gasteiger partial charge in [0.2, 0.25) is 6.71 Å². The van der Waals surface area contributed by atoms with Gasteiger partial charge in [0.25, 0.3) is 0 Å². The molecule has 262 valence electrons.